The molecule has 136 valence electrons. The van der Waals surface area contributed by atoms with E-state index in [4.69, 9.17) is 4.42 Å². The Morgan fingerprint density at radius 2 is 1.73 bits per heavy atom. The van der Waals surface area contributed by atoms with Crippen LogP contribution in [0.25, 0.3) is 11.5 Å². The van der Waals surface area contributed by atoms with E-state index in [0.29, 0.717) is 23.4 Å². The van der Waals surface area contributed by atoms with Crippen molar-refractivity contribution in [3.63, 3.8) is 0 Å². The minimum Gasteiger partial charge on any atom is -0.444 e. The van der Waals surface area contributed by atoms with Crippen molar-refractivity contribution in [3.8, 4) is 11.5 Å². The van der Waals surface area contributed by atoms with Crippen molar-refractivity contribution in [3.05, 3.63) is 42.3 Å². The first-order valence-electron chi connectivity index (χ1n) is 9.94. The van der Waals surface area contributed by atoms with E-state index in [1.54, 1.807) is 6.26 Å². The monoisotopic (exact) mass is 350 g/mol. The number of oxazole rings is 1. The Morgan fingerprint density at radius 3 is 2.38 bits per heavy atom. The number of hydrogen-bond acceptors (Lipinski definition) is 3. The molecule has 0 atom stereocenters. The number of rotatable bonds is 5. The lowest BCUT2D eigenvalue weighted by atomic mass is 9.49. The molecule has 4 heteroatoms. The molecule has 2 aromatic rings. The minimum absolute atomic E-state index is 0.0636. The fourth-order valence-electron chi connectivity index (χ4n) is 6.12. The summed E-state index contributed by atoms with van der Waals surface area (Å²) in [6.45, 7) is 0.846. The quantitative estimate of drug-likeness (QED) is 0.878. The second kappa shape index (κ2) is 6.26. The third-order valence-electron chi connectivity index (χ3n) is 6.74. The zero-order valence-electron chi connectivity index (χ0n) is 15.1. The molecule has 1 amide bonds. The number of aromatic nitrogens is 1. The minimum atomic E-state index is 0.0636. The molecule has 1 aromatic heterocycles. The fraction of sp³-hybridized carbons (Fsp3) is 0.545. The van der Waals surface area contributed by atoms with Gasteiger partial charge in [-0.15, -0.1) is 0 Å². The van der Waals surface area contributed by atoms with Crippen molar-refractivity contribution in [2.24, 2.45) is 23.2 Å². The molecule has 0 spiro atoms. The lowest BCUT2D eigenvalue weighted by Crippen LogP contribution is -2.51. The summed E-state index contributed by atoms with van der Waals surface area (Å²) >= 11 is 0. The SMILES string of the molecule is O=C(Cc1coc(-c2ccccc2)n1)NCC12CC3CC(CC(C3)C1)C2. The second-order valence-corrected chi connectivity index (χ2v) is 8.88. The summed E-state index contributed by atoms with van der Waals surface area (Å²) in [6, 6.07) is 9.80. The molecule has 26 heavy (non-hydrogen) atoms. The summed E-state index contributed by atoms with van der Waals surface area (Å²) in [5.74, 6) is 3.40. The molecular formula is C22H26N2O2. The molecule has 1 N–H and O–H groups in total. The second-order valence-electron chi connectivity index (χ2n) is 8.88. The predicted octanol–water partition coefficient (Wildman–Crippen LogP) is 4.22. The van der Waals surface area contributed by atoms with E-state index >= 15 is 0 Å². The van der Waals surface area contributed by atoms with Gasteiger partial charge >= 0.3 is 0 Å². The van der Waals surface area contributed by atoms with Crippen LogP contribution < -0.4 is 5.32 Å². The average molecular weight is 350 g/mol. The molecular weight excluding hydrogens is 324 g/mol. The predicted molar refractivity (Wildman–Crippen MR) is 99.3 cm³/mol. The number of amides is 1. The Hall–Kier alpha value is -2.10. The van der Waals surface area contributed by atoms with E-state index in [-0.39, 0.29) is 5.91 Å². The molecule has 1 aromatic carbocycles. The highest BCUT2D eigenvalue weighted by atomic mass is 16.3. The van der Waals surface area contributed by atoms with Gasteiger partial charge in [0, 0.05) is 12.1 Å². The van der Waals surface area contributed by atoms with Gasteiger partial charge in [0.15, 0.2) is 0 Å². The van der Waals surface area contributed by atoms with Crippen LogP contribution in [0, 0.1) is 23.2 Å². The van der Waals surface area contributed by atoms with Gasteiger partial charge in [-0.25, -0.2) is 4.98 Å². The van der Waals surface area contributed by atoms with Gasteiger partial charge in [0.2, 0.25) is 11.8 Å². The van der Waals surface area contributed by atoms with Crippen LogP contribution in [0.3, 0.4) is 0 Å². The number of benzene rings is 1. The number of nitrogens with zero attached hydrogens (tertiary/aromatic N) is 1. The Bertz CT molecular complexity index is 760. The van der Waals surface area contributed by atoms with Crippen molar-refractivity contribution in [1.82, 2.24) is 10.3 Å². The fourth-order valence-corrected chi connectivity index (χ4v) is 6.12. The van der Waals surface area contributed by atoms with Gasteiger partial charge in [0.25, 0.3) is 0 Å². The Labute approximate surface area is 154 Å². The van der Waals surface area contributed by atoms with Crippen LogP contribution in [0.15, 0.2) is 41.0 Å². The molecule has 0 radical (unpaired) electrons. The van der Waals surface area contributed by atoms with Crippen LogP contribution >= 0.6 is 0 Å². The Morgan fingerprint density at radius 1 is 1.08 bits per heavy atom. The van der Waals surface area contributed by atoms with Crippen LogP contribution in [0.4, 0.5) is 0 Å². The molecule has 6 rings (SSSR count). The lowest BCUT2D eigenvalue weighted by Gasteiger charge is -2.56. The van der Waals surface area contributed by atoms with Crippen LogP contribution in [0.1, 0.15) is 44.2 Å². The highest BCUT2D eigenvalue weighted by molar-refractivity contribution is 5.78. The Kier molecular flexibility index (Phi) is 3.87. The topological polar surface area (TPSA) is 55.1 Å². The molecule has 0 unspecified atom stereocenters. The van der Waals surface area contributed by atoms with Crippen molar-refractivity contribution < 1.29 is 9.21 Å². The molecule has 4 saturated carbocycles. The first-order chi connectivity index (χ1) is 12.7. The maximum absolute atomic E-state index is 12.5. The van der Waals surface area contributed by atoms with E-state index < -0.39 is 0 Å². The molecule has 4 nitrogen and oxygen atoms in total. The largest absolute Gasteiger partial charge is 0.444 e. The summed E-state index contributed by atoms with van der Waals surface area (Å²) in [7, 11) is 0. The smallest absolute Gasteiger partial charge is 0.226 e. The summed E-state index contributed by atoms with van der Waals surface area (Å²) in [5, 5.41) is 3.22. The normalized spacial score (nSPS) is 31.9. The summed E-state index contributed by atoms with van der Waals surface area (Å²) in [6.07, 6.45) is 10.2. The number of carbonyl (C=O) groups excluding carboxylic acids is 1. The molecule has 0 saturated heterocycles. The zero-order valence-corrected chi connectivity index (χ0v) is 15.1. The van der Waals surface area contributed by atoms with Crippen LogP contribution in [0.5, 0.6) is 0 Å². The highest BCUT2D eigenvalue weighted by Crippen LogP contribution is 2.59. The van der Waals surface area contributed by atoms with E-state index in [1.165, 1.54) is 38.5 Å². The van der Waals surface area contributed by atoms with Gasteiger partial charge in [-0.3, -0.25) is 4.79 Å². The van der Waals surface area contributed by atoms with Gasteiger partial charge in [-0.1, -0.05) is 18.2 Å². The first kappa shape index (κ1) is 16.1. The summed E-state index contributed by atoms with van der Waals surface area (Å²) in [4.78, 5) is 16.9. The standard InChI is InChI=1S/C22H26N2O2/c25-20(9-19-13-26-21(24-19)18-4-2-1-3-5-18)23-14-22-10-15-6-16(11-22)8-17(7-15)12-22/h1-5,13,15-17H,6-12,14H2,(H,23,25). The van der Waals surface area contributed by atoms with E-state index in [2.05, 4.69) is 10.3 Å². The molecule has 4 bridgehead atoms. The van der Waals surface area contributed by atoms with Crippen LogP contribution in [0.2, 0.25) is 0 Å². The van der Waals surface area contributed by atoms with Crippen molar-refractivity contribution in [2.75, 3.05) is 6.54 Å². The van der Waals surface area contributed by atoms with Crippen molar-refractivity contribution in [1.29, 1.82) is 0 Å². The molecule has 0 aliphatic heterocycles. The number of nitrogens with one attached hydrogen (secondary N) is 1. The van der Waals surface area contributed by atoms with E-state index in [9.17, 15) is 4.79 Å². The first-order valence-corrected chi connectivity index (χ1v) is 9.94. The van der Waals surface area contributed by atoms with E-state index in [1.807, 2.05) is 30.3 Å². The van der Waals surface area contributed by atoms with Crippen molar-refractivity contribution >= 4 is 5.91 Å². The van der Waals surface area contributed by atoms with Gasteiger partial charge in [0.05, 0.1) is 12.1 Å². The lowest BCUT2D eigenvalue weighted by molar-refractivity contribution is -0.122. The zero-order chi connectivity index (χ0) is 17.6. The van der Waals surface area contributed by atoms with Gasteiger partial charge in [-0.2, -0.15) is 0 Å². The summed E-state index contributed by atoms with van der Waals surface area (Å²) in [5.41, 5.74) is 2.02. The summed E-state index contributed by atoms with van der Waals surface area (Å²) < 4.78 is 5.54. The van der Waals surface area contributed by atoms with Crippen LogP contribution in [-0.4, -0.2) is 17.4 Å². The highest BCUT2D eigenvalue weighted by Gasteiger charge is 2.50. The van der Waals surface area contributed by atoms with E-state index in [0.717, 1.165) is 29.9 Å². The maximum Gasteiger partial charge on any atom is 0.226 e. The third-order valence-corrected chi connectivity index (χ3v) is 6.74. The molecule has 4 aliphatic rings. The Balaban J connectivity index is 1.19. The van der Waals surface area contributed by atoms with Crippen molar-refractivity contribution in [2.45, 2.75) is 44.9 Å². The van der Waals surface area contributed by atoms with Gasteiger partial charge in [-0.05, 0) is 73.8 Å². The maximum atomic E-state index is 12.5. The van der Waals surface area contributed by atoms with Gasteiger partial charge in [0.1, 0.15) is 6.26 Å². The molecule has 4 fully saturated rings. The number of carbonyl (C=O) groups is 1. The molecule has 1 heterocycles. The third kappa shape index (κ3) is 3.06. The molecule has 4 aliphatic carbocycles. The van der Waals surface area contributed by atoms with Gasteiger partial charge < -0.3 is 9.73 Å². The average Bonchev–Trinajstić information content (AvgIpc) is 3.08. The van der Waals surface area contributed by atoms with Crippen LogP contribution in [-0.2, 0) is 11.2 Å². The number of hydrogen-bond donors (Lipinski definition) is 1.